The summed E-state index contributed by atoms with van der Waals surface area (Å²) in [6.07, 6.45) is 0.395. The number of rotatable bonds is 7. The topological polar surface area (TPSA) is 65.0 Å². The number of benzene rings is 1. The summed E-state index contributed by atoms with van der Waals surface area (Å²) in [4.78, 5) is 11.6. The first-order valence-electron chi connectivity index (χ1n) is 7.65. The first kappa shape index (κ1) is 19.0. The summed E-state index contributed by atoms with van der Waals surface area (Å²) < 4.78 is 15.7. The van der Waals surface area contributed by atoms with Gasteiger partial charge in [-0.1, -0.05) is 19.9 Å². The van der Waals surface area contributed by atoms with Gasteiger partial charge >= 0.3 is 5.97 Å². The van der Waals surface area contributed by atoms with E-state index in [1.54, 1.807) is 40.2 Å². The highest BCUT2D eigenvalue weighted by Gasteiger charge is 2.23. The molecule has 0 aliphatic heterocycles. The molecule has 0 aliphatic carbocycles. The number of ether oxygens (including phenoxy) is 3. The van der Waals surface area contributed by atoms with Crippen LogP contribution in [0.25, 0.3) is 0 Å². The molecule has 0 heterocycles. The van der Waals surface area contributed by atoms with E-state index in [-0.39, 0.29) is 5.92 Å². The number of aliphatic hydroxyl groups excluding tert-OH is 1. The molecule has 1 N–H and O–H groups in total. The van der Waals surface area contributed by atoms with Crippen LogP contribution in [0, 0.1) is 0 Å². The maximum Gasteiger partial charge on any atom is 0.330 e. The summed E-state index contributed by atoms with van der Waals surface area (Å²) in [5, 5.41) is 10.6. The van der Waals surface area contributed by atoms with Crippen LogP contribution < -0.4 is 9.47 Å². The number of carbonyl (C=O) groups excluding carboxylic acids is 1. The Balaban J connectivity index is 3.33. The van der Waals surface area contributed by atoms with Crippen molar-refractivity contribution >= 4 is 5.97 Å². The third-order valence-corrected chi connectivity index (χ3v) is 3.55. The number of carbonyl (C=O) groups is 1. The summed E-state index contributed by atoms with van der Waals surface area (Å²) >= 11 is 0. The highest BCUT2D eigenvalue weighted by Crippen LogP contribution is 2.41. The lowest BCUT2D eigenvalue weighted by Crippen LogP contribution is -2.09. The molecular weight excluding hydrogens is 296 g/mol. The van der Waals surface area contributed by atoms with Crippen molar-refractivity contribution in [1.82, 2.24) is 0 Å². The standard InChI is InChI=1S/C18H26O5/c1-7-23-15(19)10-12(4)17(20)13-8-9-14(21-5)18(22-6)16(13)11(2)3/h8-11,17,20H,7H2,1-6H3. The SMILES string of the molecule is CCOC(=O)C=C(C)C(O)c1ccc(OC)c(OC)c1C(C)C. The highest BCUT2D eigenvalue weighted by atomic mass is 16.5. The van der Waals surface area contributed by atoms with Crippen molar-refractivity contribution < 1.29 is 24.1 Å². The number of hydrogen-bond acceptors (Lipinski definition) is 5. The molecule has 0 bridgehead atoms. The van der Waals surface area contributed by atoms with Crippen LogP contribution in [0.1, 0.15) is 50.8 Å². The first-order valence-corrected chi connectivity index (χ1v) is 7.65. The average Bonchev–Trinajstić information content (AvgIpc) is 2.52. The Kier molecular flexibility index (Phi) is 7.10. The molecule has 0 aromatic heterocycles. The number of esters is 1. The Morgan fingerprint density at radius 2 is 1.91 bits per heavy atom. The summed E-state index contributed by atoms with van der Waals surface area (Å²) in [7, 11) is 3.14. The summed E-state index contributed by atoms with van der Waals surface area (Å²) in [5.41, 5.74) is 2.06. The van der Waals surface area contributed by atoms with E-state index >= 15 is 0 Å². The molecule has 0 saturated heterocycles. The molecule has 128 valence electrons. The second kappa shape index (κ2) is 8.58. The third kappa shape index (κ3) is 4.48. The molecule has 0 saturated carbocycles. The fourth-order valence-electron chi connectivity index (χ4n) is 2.49. The molecule has 0 amide bonds. The van der Waals surface area contributed by atoms with E-state index < -0.39 is 12.1 Å². The van der Waals surface area contributed by atoms with Gasteiger partial charge in [-0.3, -0.25) is 0 Å². The monoisotopic (exact) mass is 322 g/mol. The van der Waals surface area contributed by atoms with Gasteiger partial charge in [0.1, 0.15) is 6.10 Å². The second-order valence-electron chi connectivity index (χ2n) is 5.50. The molecule has 0 spiro atoms. The van der Waals surface area contributed by atoms with E-state index in [1.165, 1.54) is 6.08 Å². The predicted octanol–water partition coefficient (Wildman–Crippen LogP) is 3.37. The van der Waals surface area contributed by atoms with Crippen molar-refractivity contribution in [2.45, 2.75) is 39.7 Å². The zero-order chi connectivity index (χ0) is 17.6. The number of aliphatic hydroxyl groups is 1. The van der Waals surface area contributed by atoms with Gasteiger partial charge in [0, 0.05) is 11.6 Å². The van der Waals surface area contributed by atoms with E-state index in [2.05, 4.69) is 0 Å². The zero-order valence-electron chi connectivity index (χ0n) is 14.7. The Bertz CT molecular complexity index is 575. The molecule has 1 rings (SSSR count). The first-order chi connectivity index (χ1) is 10.9. The van der Waals surface area contributed by atoms with Crippen LogP contribution in [0.5, 0.6) is 11.5 Å². The van der Waals surface area contributed by atoms with E-state index in [0.29, 0.717) is 29.2 Å². The minimum Gasteiger partial charge on any atom is -0.493 e. The molecule has 0 aliphatic rings. The smallest absolute Gasteiger partial charge is 0.330 e. The van der Waals surface area contributed by atoms with Gasteiger partial charge in [0.2, 0.25) is 0 Å². The molecule has 23 heavy (non-hydrogen) atoms. The number of methoxy groups -OCH3 is 2. The molecule has 1 unspecified atom stereocenters. The van der Waals surface area contributed by atoms with Gasteiger partial charge in [-0.2, -0.15) is 0 Å². The largest absolute Gasteiger partial charge is 0.493 e. The van der Waals surface area contributed by atoms with E-state index in [1.807, 2.05) is 13.8 Å². The fraction of sp³-hybridized carbons (Fsp3) is 0.500. The third-order valence-electron chi connectivity index (χ3n) is 3.55. The van der Waals surface area contributed by atoms with E-state index in [4.69, 9.17) is 14.2 Å². The average molecular weight is 322 g/mol. The van der Waals surface area contributed by atoms with Crippen LogP contribution in [0.15, 0.2) is 23.8 Å². The molecule has 5 heteroatoms. The fourth-order valence-corrected chi connectivity index (χ4v) is 2.49. The maximum atomic E-state index is 11.6. The van der Waals surface area contributed by atoms with Gasteiger partial charge in [0.15, 0.2) is 11.5 Å². The van der Waals surface area contributed by atoms with Crippen molar-refractivity contribution in [3.05, 3.63) is 34.9 Å². The van der Waals surface area contributed by atoms with Gasteiger partial charge in [-0.15, -0.1) is 0 Å². The Morgan fingerprint density at radius 1 is 1.26 bits per heavy atom. The normalized spacial score (nSPS) is 13.0. The van der Waals surface area contributed by atoms with Crippen LogP contribution >= 0.6 is 0 Å². The van der Waals surface area contributed by atoms with Crippen LogP contribution in [0.4, 0.5) is 0 Å². The molecule has 1 aromatic carbocycles. The Morgan fingerprint density at radius 3 is 2.39 bits per heavy atom. The van der Waals surface area contributed by atoms with Gasteiger partial charge in [0.05, 0.1) is 20.8 Å². The summed E-state index contributed by atoms with van der Waals surface area (Å²) in [6, 6.07) is 3.55. The van der Waals surface area contributed by atoms with Crippen molar-refractivity contribution in [2.24, 2.45) is 0 Å². The molecule has 1 aromatic rings. The Hall–Kier alpha value is -2.01. The minimum absolute atomic E-state index is 0.111. The number of hydrogen-bond donors (Lipinski definition) is 1. The van der Waals surface area contributed by atoms with Crippen molar-refractivity contribution in [1.29, 1.82) is 0 Å². The van der Waals surface area contributed by atoms with Crippen LogP contribution in [0.2, 0.25) is 0 Å². The predicted molar refractivity (Wildman–Crippen MR) is 89.0 cm³/mol. The lowest BCUT2D eigenvalue weighted by atomic mass is 9.90. The van der Waals surface area contributed by atoms with E-state index in [9.17, 15) is 9.90 Å². The van der Waals surface area contributed by atoms with Gasteiger partial charge in [0.25, 0.3) is 0 Å². The van der Waals surface area contributed by atoms with Gasteiger partial charge in [-0.25, -0.2) is 4.79 Å². The van der Waals surface area contributed by atoms with Crippen LogP contribution in [-0.4, -0.2) is 31.9 Å². The molecule has 1 atom stereocenters. The maximum absolute atomic E-state index is 11.6. The van der Waals surface area contributed by atoms with Crippen molar-refractivity contribution in [2.75, 3.05) is 20.8 Å². The highest BCUT2D eigenvalue weighted by molar-refractivity contribution is 5.83. The molecule has 5 nitrogen and oxygen atoms in total. The molecule has 0 fully saturated rings. The summed E-state index contributed by atoms with van der Waals surface area (Å²) in [5.74, 6) is 0.859. The van der Waals surface area contributed by atoms with Crippen LogP contribution in [-0.2, 0) is 9.53 Å². The minimum atomic E-state index is -0.920. The molecule has 0 radical (unpaired) electrons. The quantitative estimate of drug-likeness (QED) is 0.616. The van der Waals surface area contributed by atoms with Crippen molar-refractivity contribution in [3.63, 3.8) is 0 Å². The van der Waals surface area contributed by atoms with E-state index in [0.717, 1.165) is 5.56 Å². The molecular formula is C18H26O5. The zero-order valence-corrected chi connectivity index (χ0v) is 14.7. The van der Waals surface area contributed by atoms with Crippen molar-refractivity contribution in [3.8, 4) is 11.5 Å². The van der Waals surface area contributed by atoms with Gasteiger partial charge in [-0.05, 0) is 37.0 Å². The second-order valence-corrected chi connectivity index (χ2v) is 5.50. The van der Waals surface area contributed by atoms with Gasteiger partial charge < -0.3 is 19.3 Å². The lowest BCUT2D eigenvalue weighted by Gasteiger charge is -2.22. The lowest BCUT2D eigenvalue weighted by molar-refractivity contribution is -0.137. The van der Waals surface area contributed by atoms with Crippen LogP contribution in [0.3, 0.4) is 0 Å². The Labute approximate surface area is 137 Å². The summed E-state index contributed by atoms with van der Waals surface area (Å²) in [6.45, 7) is 7.76.